The Hall–Kier alpha value is -0.610. The van der Waals surface area contributed by atoms with E-state index < -0.39 is 11.7 Å². The lowest BCUT2D eigenvalue weighted by Crippen LogP contribution is -2.49. The largest absolute Gasteiger partial charge is 0.436 e. The Balaban J connectivity index is 1.35. The molecule has 4 aliphatic rings. The highest BCUT2D eigenvalue weighted by molar-refractivity contribution is 5.75. The van der Waals surface area contributed by atoms with Crippen LogP contribution in [0.15, 0.2) is 0 Å². The summed E-state index contributed by atoms with van der Waals surface area (Å²) in [6, 6.07) is 0. The quantitative estimate of drug-likeness (QED) is 0.378. The Kier molecular flexibility index (Phi) is 5.55. The van der Waals surface area contributed by atoms with Gasteiger partial charge in [-0.05, 0) is 83.0 Å². The topological polar surface area (TPSA) is 44.8 Å². The second kappa shape index (κ2) is 7.33. The van der Waals surface area contributed by atoms with Crippen molar-refractivity contribution >= 4 is 5.97 Å². The molecule has 4 heteroatoms. The average molecular weight is 338 g/mol. The molecule has 0 aromatic carbocycles. The van der Waals surface area contributed by atoms with Gasteiger partial charge in [0.05, 0.1) is 24.7 Å². The molecule has 0 N–H and O–H groups in total. The van der Waals surface area contributed by atoms with Gasteiger partial charge in [-0.15, -0.1) is 0 Å². The minimum Gasteiger partial charge on any atom is -0.436 e. The van der Waals surface area contributed by atoms with Crippen molar-refractivity contribution in [1.29, 1.82) is 0 Å². The van der Waals surface area contributed by atoms with Gasteiger partial charge in [0, 0.05) is 0 Å². The zero-order valence-corrected chi connectivity index (χ0v) is 15.8. The van der Waals surface area contributed by atoms with Crippen molar-refractivity contribution in [3.8, 4) is 0 Å². The molecule has 0 amide bonds. The lowest BCUT2D eigenvalue weighted by molar-refractivity contribution is -0.191. The summed E-state index contributed by atoms with van der Waals surface area (Å²) in [6.07, 6.45) is 7.66. The van der Waals surface area contributed by atoms with Crippen molar-refractivity contribution in [3.63, 3.8) is 0 Å². The summed E-state index contributed by atoms with van der Waals surface area (Å²) < 4.78 is 17.2. The van der Waals surface area contributed by atoms with Gasteiger partial charge >= 0.3 is 5.97 Å². The van der Waals surface area contributed by atoms with Crippen LogP contribution in [0, 0.1) is 29.1 Å². The number of carbonyl (C=O) groups excluding carboxylic acids is 1. The molecule has 138 valence electrons. The number of hydrogen-bond acceptors (Lipinski definition) is 4. The highest BCUT2D eigenvalue weighted by Crippen LogP contribution is 2.54. The van der Waals surface area contributed by atoms with Crippen LogP contribution in [0.5, 0.6) is 0 Å². The van der Waals surface area contributed by atoms with Gasteiger partial charge in [-0.25, -0.2) is 0 Å². The molecular formula is C20H34O4. The Labute approximate surface area is 146 Å². The van der Waals surface area contributed by atoms with Gasteiger partial charge in [0.15, 0.2) is 6.29 Å². The van der Waals surface area contributed by atoms with Crippen molar-refractivity contribution < 1.29 is 19.0 Å². The van der Waals surface area contributed by atoms with Crippen molar-refractivity contribution in [2.75, 3.05) is 13.2 Å². The van der Waals surface area contributed by atoms with Crippen molar-refractivity contribution in [2.45, 2.75) is 78.6 Å². The first-order valence-corrected chi connectivity index (χ1v) is 9.83. The second-order valence-electron chi connectivity index (χ2n) is 8.85. The standard InChI is InChI=1S/C20H34O4/c1-5-20(3,4)19(21)24-13(2)22-6-7-23-18-16-9-14-8-15(11-16)12-17(18)10-14/h13-18H,5-12H2,1-4H3. The van der Waals surface area contributed by atoms with Crippen LogP contribution in [0.3, 0.4) is 0 Å². The molecular weight excluding hydrogens is 304 g/mol. The number of esters is 1. The summed E-state index contributed by atoms with van der Waals surface area (Å²) >= 11 is 0. The van der Waals surface area contributed by atoms with Crippen LogP contribution in [0.4, 0.5) is 0 Å². The van der Waals surface area contributed by atoms with Gasteiger partial charge in [0.25, 0.3) is 0 Å². The van der Waals surface area contributed by atoms with Gasteiger partial charge in [0.2, 0.25) is 0 Å². The Morgan fingerprint density at radius 2 is 1.62 bits per heavy atom. The fourth-order valence-corrected chi connectivity index (χ4v) is 5.03. The third-order valence-electron chi connectivity index (χ3n) is 6.60. The molecule has 0 aromatic heterocycles. The summed E-state index contributed by atoms with van der Waals surface area (Å²) in [5, 5.41) is 0. The predicted octanol–water partition coefficient (Wildman–Crippen LogP) is 4.17. The number of carbonyl (C=O) groups is 1. The SMILES string of the molecule is CCC(C)(C)C(=O)OC(C)OCCOC1C2CC3CC(C2)CC1C3. The lowest BCUT2D eigenvalue weighted by Gasteiger charge is -2.54. The van der Waals surface area contributed by atoms with E-state index in [2.05, 4.69) is 0 Å². The maximum atomic E-state index is 12.0. The summed E-state index contributed by atoms with van der Waals surface area (Å²) in [5.74, 6) is 3.32. The first-order valence-electron chi connectivity index (χ1n) is 9.83. The molecule has 4 bridgehead atoms. The maximum Gasteiger partial charge on any atom is 0.313 e. The van der Waals surface area contributed by atoms with E-state index in [1.54, 1.807) is 6.92 Å². The van der Waals surface area contributed by atoms with Crippen LogP contribution in [-0.2, 0) is 19.0 Å². The van der Waals surface area contributed by atoms with E-state index in [0.717, 1.165) is 30.1 Å². The Morgan fingerprint density at radius 1 is 1.04 bits per heavy atom. The third kappa shape index (κ3) is 3.96. The number of hydrogen-bond donors (Lipinski definition) is 0. The van der Waals surface area contributed by atoms with Crippen molar-refractivity contribution in [1.82, 2.24) is 0 Å². The van der Waals surface area contributed by atoms with Crippen LogP contribution in [0.1, 0.15) is 66.2 Å². The highest BCUT2D eigenvalue weighted by Gasteiger charge is 2.48. The lowest BCUT2D eigenvalue weighted by atomic mass is 9.55. The minimum atomic E-state index is -0.509. The van der Waals surface area contributed by atoms with E-state index >= 15 is 0 Å². The summed E-state index contributed by atoms with van der Waals surface area (Å²) in [6.45, 7) is 8.67. The van der Waals surface area contributed by atoms with E-state index in [1.807, 2.05) is 20.8 Å². The molecule has 24 heavy (non-hydrogen) atoms. The van der Waals surface area contributed by atoms with Crippen LogP contribution in [0.25, 0.3) is 0 Å². The van der Waals surface area contributed by atoms with Gasteiger partial charge in [-0.2, -0.15) is 0 Å². The van der Waals surface area contributed by atoms with Gasteiger partial charge in [0.1, 0.15) is 0 Å². The van der Waals surface area contributed by atoms with Crippen molar-refractivity contribution in [3.05, 3.63) is 0 Å². The molecule has 0 radical (unpaired) electrons. The highest BCUT2D eigenvalue weighted by atomic mass is 16.7. The molecule has 0 aromatic rings. The molecule has 4 saturated carbocycles. The molecule has 4 fully saturated rings. The van der Waals surface area contributed by atoms with Crippen LogP contribution in [0.2, 0.25) is 0 Å². The fourth-order valence-electron chi connectivity index (χ4n) is 5.03. The molecule has 1 atom stereocenters. The first kappa shape index (κ1) is 18.2. The fraction of sp³-hybridized carbons (Fsp3) is 0.950. The van der Waals surface area contributed by atoms with Gasteiger partial charge in [-0.1, -0.05) is 6.92 Å². The van der Waals surface area contributed by atoms with Crippen LogP contribution < -0.4 is 0 Å². The molecule has 0 heterocycles. The number of ether oxygens (including phenoxy) is 3. The van der Waals surface area contributed by atoms with Crippen LogP contribution >= 0.6 is 0 Å². The maximum absolute atomic E-state index is 12.0. The van der Waals surface area contributed by atoms with E-state index in [0.29, 0.717) is 19.3 Å². The Morgan fingerprint density at radius 3 is 2.17 bits per heavy atom. The average Bonchev–Trinajstić information content (AvgIpc) is 2.52. The molecule has 4 aliphatic carbocycles. The van der Waals surface area contributed by atoms with E-state index in [4.69, 9.17) is 14.2 Å². The van der Waals surface area contributed by atoms with Crippen molar-refractivity contribution in [2.24, 2.45) is 29.1 Å². The summed E-state index contributed by atoms with van der Waals surface area (Å²) in [4.78, 5) is 12.0. The second-order valence-corrected chi connectivity index (χ2v) is 8.85. The van der Waals surface area contributed by atoms with Gasteiger partial charge in [-0.3, -0.25) is 4.79 Å². The molecule has 0 aliphatic heterocycles. The van der Waals surface area contributed by atoms with E-state index in [1.165, 1.54) is 32.1 Å². The zero-order chi connectivity index (χ0) is 17.3. The molecule has 0 saturated heterocycles. The van der Waals surface area contributed by atoms with Gasteiger partial charge < -0.3 is 14.2 Å². The smallest absolute Gasteiger partial charge is 0.313 e. The summed E-state index contributed by atoms with van der Waals surface area (Å²) in [5.41, 5.74) is -0.450. The van der Waals surface area contributed by atoms with E-state index in [-0.39, 0.29) is 5.97 Å². The monoisotopic (exact) mass is 338 g/mol. The molecule has 4 nitrogen and oxygen atoms in total. The minimum absolute atomic E-state index is 0.195. The molecule has 4 rings (SSSR count). The normalized spacial score (nSPS) is 35.9. The van der Waals surface area contributed by atoms with Crippen LogP contribution in [-0.4, -0.2) is 31.6 Å². The Bertz CT molecular complexity index is 417. The molecule has 0 spiro atoms. The molecule has 1 unspecified atom stereocenters. The zero-order valence-electron chi connectivity index (χ0n) is 15.8. The number of rotatable bonds is 8. The first-order chi connectivity index (χ1) is 11.4. The van der Waals surface area contributed by atoms with E-state index in [9.17, 15) is 4.79 Å². The summed E-state index contributed by atoms with van der Waals surface area (Å²) in [7, 11) is 0. The predicted molar refractivity (Wildman–Crippen MR) is 92.4 cm³/mol. The third-order valence-corrected chi connectivity index (χ3v) is 6.60.